The Labute approximate surface area is 155 Å². The highest BCUT2D eigenvalue weighted by Crippen LogP contribution is 2.19. The molecule has 0 aliphatic carbocycles. The number of anilines is 1. The Bertz CT molecular complexity index is 713. The Balaban J connectivity index is 1.95. The minimum atomic E-state index is -0.982. The van der Waals surface area contributed by atoms with Crippen LogP contribution in [0.5, 0.6) is 5.75 Å². The maximum Gasteiger partial charge on any atom is 0.307 e. The van der Waals surface area contributed by atoms with Gasteiger partial charge < -0.3 is 15.2 Å². The second kappa shape index (κ2) is 9.22. The molecule has 2 N–H and O–H groups in total. The van der Waals surface area contributed by atoms with Gasteiger partial charge in [-0.3, -0.25) is 9.59 Å². The fraction of sp³-hybridized carbons (Fsp3) is 0.263. The van der Waals surface area contributed by atoms with E-state index >= 15 is 0 Å². The molecule has 0 bridgehead atoms. The zero-order valence-electron chi connectivity index (χ0n) is 13.9. The number of hydrogen-bond donors (Lipinski definition) is 2. The monoisotopic (exact) mass is 405 g/mol. The van der Waals surface area contributed by atoms with Crippen molar-refractivity contribution >= 4 is 33.5 Å². The molecule has 2 aromatic rings. The third-order valence-electron chi connectivity index (χ3n) is 3.63. The Kier molecular flexibility index (Phi) is 7.01. The van der Waals surface area contributed by atoms with Gasteiger partial charge in [-0.25, -0.2) is 0 Å². The van der Waals surface area contributed by atoms with Crippen LogP contribution in [0, 0.1) is 5.92 Å². The number of aliphatic carboxylic acids is 1. The van der Waals surface area contributed by atoms with Gasteiger partial charge in [0.15, 0.2) is 0 Å². The van der Waals surface area contributed by atoms with E-state index in [1.54, 1.807) is 24.3 Å². The molecular weight excluding hydrogens is 386 g/mol. The molecule has 25 heavy (non-hydrogen) atoms. The van der Waals surface area contributed by atoms with E-state index in [0.29, 0.717) is 18.7 Å². The summed E-state index contributed by atoms with van der Waals surface area (Å²) in [6, 6.07) is 14.4. The average Bonchev–Trinajstić information content (AvgIpc) is 2.58. The number of carboxylic acid groups (broad SMARTS) is 1. The number of carbonyl (C=O) groups excluding carboxylic acids is 1. The highest BCUT2D eigenvalue weighted by molar-refractivity contribution is 9.10. The molecule has 1 amide bonds. The Morgan fingerprint density at radius 1 is 1.12 bits per heavy atom. The van der Waals surface area contributed by atoms with Gasteiger partial charge in [0.1, 0.15) is 5.75 Å². The standard InChI is InChI=1S/C19H20BrNO4/c1-2-25-17-9-7-16(8-10-17)21-18(22)12-14(19(23)24)11-13-3-5-15(20)6-4-13/h3-10,14H,2,11-12H2,1H3,(H,21,22)(H,23,24)/t14-/m0/s1. The molecule has 0 spiro atoms. The van der Waals surface area contributed by atoms with Gasteiger partial charge >= 0.3 is 5.97 Å². The van der Waals surface area contributed by atoms with Crippen molar-refractivity contribution in [2.24, 2.45) is 5.92 Å². The maximum atomic E-state index is 12.2. The quantitative estimate of drug-likeness (QED) is 0.692. The molecule has 0 fully saturated rings. The summed E-state index contributed by atoms with van der Waals surface area (Å²) in [7, 11) is 0. The zero-order valence-corrected chi connectivity index (χ0v) is 15.5. The molecule has 2 rings (SSSR count). The van der Waals surface area contributed by atoms with Crippen LogP contribution in [0.1, 0.15) is 18.9 Å². The molecule has 0 heterocycles. The van der Waals surface area contributed by atoms with Crippen LogP contribution >= 0.6 is 15.9 Å². The van der Waals surface area contributed by atoms with Gasteiger partial charge in [0, 0.05) is 16.6 Å². The van der Waals surface area contributed by atoms with Crippen LogP contribution < -0.4 is 10.1 Å². The van der Waals surface area contributed by atoms with Gasteiger partial charge in [0.25, 0.3) is 0 Å². The minimum Gasteiger partial charge on any atom is -0.494 e. The van der Waals surface area contributed by atoms with Crippen molar-refractivity contribution in [2.75, 3.05) is 11.9 Å². The number of hydrogen-bond acceptors (Lipinski definition) is 3. The molecule has 0 aromatic heterocycles. The number of rotatable bonds is 8. The molecule has 0 saturated carbocycles. The van der Waals surface area contributed by atoms with Crippen molar-refractivity contribution in [3.05, 3.63) is 58.6 Å². The van der Waals surface area contributed by atoms with Crippen molar-refractivity contribution in [2.45, 2.75) is 19.8 Å². The number of carbonyl (C=O) groups is 2. The predicted molar refractivity (Wildman–Crippen MR) is 99.8 cm³/mol. The second-order valence-corrected chi connectivity index (χ2v) is 6.49. The Hall–Kier alpha value is -2.34. The molecular formula is C19H20BrNO4. The lowest BCUT2D eigenvalue weighted by Crippen LogP contribution is -2.24. The van der Waals surface area contributed by atoms with Crippen LogP contribution in [-0.2, 0) is 16.0 Å². The van der Waals surface area contributed by atoms with E-state index in [9.17, 15) is 14.7 Å². The number of halogens is 1. The largest absolute Gasteiger partial charge is 0.494 e. The Morgan fingerprint density at radius 3 is 2.32 bits per heavy atom. The van der Waals surface area contributed by atoms with E-state index in [1.165, 1.54) is 0 Å². The highest BCUT2D eigenvalue weighted by Gasteiger charge is 2.21. The van der Waals surface area contributed by atoms with Crippen molar-refractivity contribution in [3.8, 4) is 5.75 Å². The molecule has 0 saturated heterocycles. The molecule has 0 aliphatic heterocycles. The third kappa shape index (κ3) is 6.23. The van der Waals surface area contributed by atoms with E-state index in [0.717, 1.165) is 15.8 Å². The number of ether oxygens (including phenoxy) is 1. The number of nitrogens with one attached hydrogen (secondary N) is 1. The lowest BCUT2D eigenvalue weighted by Gasteiger charge is -2.13. The predicted octanol–water partition coefficient (Wildman–Crippen LogP) is 4.12. The smallest absolute Gasteiger partial charge is 0.307 e. The summed E-state index contributed by atoms with van der Waals surface area (Å²) in [4.78, 5) is 23.6. The van der Waals surface area contributed by atoms with E-state index in [4.69, 9.17) is 4.74 Å². The van der Waals surface area contributed by atoms with Gasteiger partial charge in [-0.15, -0.1) is 0 Å². The summed E-state index contributed by atoms with van der Waals surface area (Å²) in [5.41, 5.74) is 1.49. The first-order valence-corrected chi connectivity index (χ1v) is 8.77. The second-order valence-electron chi connectivity index (χ2n) is 5.58. The first-order valence-electron chi connectivity index (χ1n) is 7.98. The molecule has 1 atom stereocenters. The molecule has 0 unspecified atom stereocenters. The Morgan fingerprint density at radius 2 is 1.76 bits per heavy atom. The van der Waals surface area contributed by atoms with Crippen molar-refractivity contribution in [1.29, 1.82) is 0 Å². The molecule has 0 radical (unpaired) electrons. The van der Waals surface area contributed by atoms with Gasteiger partial charge in [-0.05, 0) is 55.3 Å². The lowest BCUT2D eigenvalue weighted by molar-refractivity contribution is -0.143. The summed E-state index contributed by atoms with van der Waals surface area (Å²) in [6.45, 7) is 2.47. The minimum absolute atomic E-state index is 0.0847. The van der Waals surface area contributed by atoms with Crippen LogP contribution in [0.15, 0.2) is 53.0 Å². The average molecular weight is 406 g/mol. The summed E-state index contributed by atoms with van der Waals surface area (Å²) in [6.07, 6.45) is 0.220. The van der Waals surface area contributed by atoms with Crippen LogP contribution in [0.2, 0.25) is 0 Å². The van der Waals surface area contributed by atoms with Crippen LogP contribution in [0.4, 0.5) is 5.69 Å². The summed E-state index contributed by atoms with van der Waals surface area (Å²) in [5, 5.41) is 12.1. The van der Waals surface area contributed by atoms with E-state index in [1.807, 2.05) is 31.2 Å². The highest BCUT2D eigenvalue weighted by atomic mass is 79.9. The first-order chi connectivity index (χ1) is 12.0. The summed E-state index contributed by atoms with van der Waals surface area (Å²) in [5.74, 6) is -1.36. The van der Waals surface area contributed by atoms with E-state index in [2.05, 4.69) is 21.2 Å². The van der Waals surface area contributed by atoms with Crippen LogP contribution in [0.3, 0.4) is 0 Å². The van der Waals surface area contributed by atoms with Gasteiger partial charge in [-0.2, -0.15) is 0 Å². The lowest BCUT2D eigenvalue weighted by atomic mass is 9.96. The molecule has 2 aromatic carbocycles. The molecule has 0 aliphatic rings. The first kappa shape index (κ1) is 19.0. The molecule has 5 nitrogen and oxygen atoms in total. The SMILES string of the molecule is CCOc1ccc(NC(=O)C[C@H](Cc2ccc(Br)cc2)C(=O)O)cc1. The van der Waals surface area contributed by atoms with Crippen LogP contribution in [-0.4, -0.2) is 23.6 Å². The summed E-state index contributed by atoms with van der Waals surface area (Å²) >= 11 is 3.34. The van der Waals surface area contributed by atoms with Crippen molar-refractivity contribution < 1.29 is 19.4 Å². The fourth-order valence-corrected chi connectivity index (χ4v) is 2.65. The van der Waals surface area contributed by atoms with E-state index in [-0.39, 0.29) is 12.3 Å². The number of amides is 1. The van der Waals surface area contributed by atoms with Crippen LogP contribution in [0.25, 0.3) is 0 Å². The zero-order chi connectivity index (χ0) is 18.2. The summed E-state index contributed by atoms with van der Waals surface area (Å²) < 4.78 is 6.27. The van der Waals surface area contributed by atoms with E-state index < -0.39 is 11.9 Å². The number of carboxylic acids is 1. The topological polar surface area (TPSA) is 75.6 Å². The van der Waals surface area contributed by atoms with Crippen molar-refractivity contribution in [3.63, 3.8) is 0 Å². The normalized spacial score (nSPS) is 11.6. The van der Waals surface area contributed by atoms with Crippen molar-refractivity contribution in [1.82, 2.24) is 0 Å². The number of benzene rings is 2. The fourth-order valence-electron chi connectivity index (χ4n) is 2.39. The van der Waals surface area contributed by atoms with Gasteiger partial charge in [0.2, 0.25) is 5.91 Å². The van der Waals surface area contributed by atoms with Gasteiger partial charge in [0.05, 0.1) is 12.5 Å². The molecule has 132 valence electrons. The maximum absolute atomic E-state index is 12.2. The molecule has 6 heteroatoms. The van der Waals surface area contributed by atoms with Gasteiger partial charge in [-0.1, -0.05) is 28.1 Å². The third-order valence-corrected chi connectivity index (χ3v) is 4.15.